The van der Waals surface area contributed by atoms with Gasteiger partial charge in [0.05, 0.1) is 0 Å². The number of aliphatic imine (C=N–C) groups is 1. The molecule has 128 valence electrons. The minimum absolute atomic E-state index is 0.663. The van der Waals surface area contributed by atoms with E-state index in [2.05, 4.69) is 39.3 Å². The molecule has 2 heterocycles. The lowest BCUT2D eigenvalue weighted by Gasteiger charge is -2.35. The molecule has 2 aliphatic rings. The van der Waals surface area contributed by atoms with Crippen LogP contribution in [-0.2, 0) is 0 Å². The molecule has 0 radical (unpaired) electrons. The van der Waals surface area contributed by atoms with Crippen LogP contribution in [0.3, 0.4) is 0 Å². The molecule has 2 unspecified atom stereocenters. The van der Waals surface area contributed by atoms with Crippen molar-refractivity contribution in [2.24, 2.45) is 4.99 Å². The van der Waals surface area contributed by atoms with Crippen molar-refractivity contribution in [3.8, 4) is 0 Å². The SMILES string of the molecule is CCN1CCCCC1CNC(=NC)NCC1CCCN1CC. The van der Waals surface area contributed by atoms with Crippen LogP contribution < -0.4 is 10.6 Å². The molecule has 0 aliphatic carbocycles. The van der Waals surface area contributed by atoms with Gasteiger partial charge in [0, 0.05) is 32.2 Å². The largest absolute Gasteiger partial charge is 0.355 e. The number of nitrogens with zero attached hydrogens (tertiary/aromatic N) is 3. The Kier molecular flexibility index (Phi) is 7.46. The van der Waals surface area contributed by atoms with Crippen LogP contribution in [0.15, 0.2) is 4.99 Å². The summed E-state index contributed by atoms with van der Waals surface area (Å²) in [7, 11) is 1.88. The molecular formula is C17H35N5. The average molecular weight is 310 g/mol. The fourth-order valence-corrected chi connectivity index (χ4v) is 3.90. The van der Waals surface area contributed by atoms with Gasteiger partial charge in [0.1, 0.15) is 0 Å². The maximum absolute atomic E-state index is 4.39. The van der Waals surface area contributed by atoms with Gasteiger partial charge in [-0.05, 0) is 51.9 Å². The summed E-state index contributed by atoms with van der Waals surface area (Å²) in [6, 6.07) is 1.33. The van der Waals surface area contributed by atoms with Crippen molar-refractivity contribution in [1.29, 1.82) is 0 Å². The van der Waals surface area contributed by atoms with Crippen LogP contribution in [0.4, 0.5) is 0 Å². The number of guanidine groups is 1. The van der Waals surface area contributed by atoms with Crippen LogP contribution in [0.25, 0.3) is 0 Å². The Morgan fingerprint density at radius 1 is 0.909 bits per heavy atom. The van der Waals surface area contributed by atoms with Crippen LogP contribution in [0.1, 0.15) is 46.0 Å². The van der Waals surface area contributed by atoms with Crippen molar-refractivity contribution >= 4 is 5.96 Å². The van der Waals surface area contributed by atoms with E-state index in [4.69, 9.17) is 0 Å². The predicted octanol–water partition coefficient (Wildman–Crippen LogP) is 1.51. The minimum Gasteiger partial charge on any atom is -0.355 e. The van der Waals surface area contributed by atoms with Gasteiger partial charge >= 0.3 is 0 Å². The van der Waals surface area contributed by atoms with Crippen LogP contribution >= 0.6 is 0 Å². The Hall–Kier alpha value is -0.810. The Morgan fingerprint density at radius 2 is 1.45 bits per heavy atom. The van der Waals surface area contributed by atoms with E-state index in [1.807, 2.05) is 7.05 Å². The summed E-state index contributed by atoms with van der Waals surface area (Å²) in [5.41, 5.74) is 0. The number of hydrogen-bond donors (Lipinski definition) is 2. The second kappa shape index (κ2) is 9.36. The maximum atomic E-state index is 4.39. The fourth-order valence-electron chi connectivity index (χ4n) is 3.90. The van der Waals surface area contributed by atoms with Gasteiger partial charge in [-0.3, -0.25) is 14.8 Å². The molecule has 2 fully saturated rings. The third kappa shape index (κ3) is 4.85. The van der Waals surface area contributed by atoms with Gasteiger partial charge in [-0.25, -0.2) is 0 Å². The summed E-state index contributed by atoms with van der Waals surface area (Å²) in [5, 5.41) is 7.07. The van der Waals surface area contributed by atoms with E-state index in [9.17, 15) is 0 Å². The van der Waals surface area contributed by atoms with Gasteiger partial charge in [0.25, 0.3) is 0 Å². The molecule has 2 atom stereocenters. The monoisotopic (exact) mass is 309 g/mol. The van der Waals surface area contributed by atoms with E-state index in [-0.39, 0.29) is 0 Å². The Balaban J connectivity index is 1.73. The van der Waals surface area contributed by atoms with Crippen molar-refractivity contribution in [2.75, 3.05) is 46.3 Å². The van der Waals surface area contributed by atoms with Crippen molar-refractivity contribution in [3.05, 3.63) is 0 Å². The lowest BCUT2D eigenvalue weighted by molar-refractivity contribution is 0.157. The van der Waals surface area contributed by atoms with Gasteiger partial charge in [-0.1, -0.05) is 20.3 Å². The number of nitrogens with one attached hydrogen (secondary N) is 2. The molecule has 5 nitrogen and oxygen atoms in total. The van der Waals surface area contributed by atoms with E-state index in [1.54, 1.807) is 0 Å². The summed E-state index contributed by atoms with van der Waals surface area (Å²) in [6.45, 7) is 11.4. The van der Waals surface area contributed by atoms with E-state index in [0.29, 0.717) is 12.1 Å². The summed E-state index contributed by atoms with van der Waals surface area (Å²) in [6.07, 6.45) is 6.67. The van der Waals surface area contributed by atoms with E-state index < -0.39 is 0 Å². The molecule has 2 N–H and O–H groups in total. The standard InChI is InChI=1S/C17H35N5/c1-4-21-11-7-6-9-15(21)13-19-17(18-3)20-14-16-10-8-12-22(16)5-2/h15-16H,4-14H2,1-3H3,(H2,18,19,20). The highest BCUT2D eigenvalue weighted by Gasteiger charge is 2.23. The van der Waals surface area contributed by atoms with Gasteiger partial charge in [0.15, 0.2) is 5.96 Å². The van der Waals surface area contributed by atoms with Crippen molar-refractivity contribution in [1.82, 2.24) is 20.4 Å². The minimum atomic E-state index is 0.663. The Morgan fingerprint density at radius 3 is 2.00 bits per heavy atom. The first-order valence-electron chi connectivity index (χ1n) is 9.21. The summed E-state index contributed by atoms with van der Waals surface area (Å²) < 4.78 is 0. The zero-order valence-electron chi connectivity index (χ0n) is 14.8. The molecule has 0 saturated carbocycles. The highest BCUT2D eigenvalue weighted by molar-refractivity contribution is 5.79. The Bertz CT molecular complexity index is 344. The van der Waals surface area contributed by atoms with Crippen LogP contribution in [0.5, 0.6) is 0 Å². The summed E-state index contributed by atoms with van der Waals surface area (Å²) >= 11 is 0. The van der Waals surface area contributed by atoms with E-state index in [0.717, 1.165) is 32.1 Å². The summed E-state index contributed by atoms with van der Waals surface area (Å²) in [4.78, 5) is 9.56. The number of piperidine rings is 1. The first-order valence-corrected chi connectivity index (χ1v) is 9.21. The maximum Gasteiger partial charge on any atom is 0.191 e. The molecular weight excluding hydrogens is 274 g/mol. The average Bonchev–Trinajstić information content (AvgIpc) is 3.03. The van der Waals surface area contributed by atoms with Gasteiger partial charge in [0.2, 0.25) is 0 Å². The third-order valence-corrected chi connectivity index (χ3v) is 5.29. The molecule has 2 aliphatic heterocycles. The molecule has 0 spiro atoms. The number of likely N-dealkylation sites (tertiary alicyclic amines) is 2. The number of hydrogen-bond acceptors (Lipinski definition) is 3. The summed E-state index contributed by atoms with van der Waals surface area (Å²) in [5.74, 6) is 0.963. The van der Waals surface area contributed by atoms with E-state index >= 15 is 0 Å². The molecule has 2 saturated heterocycles. The zero-order chi connectivity index (χ0) is 15.8. The molecule has 22 heavy (non-hydrogen) atoms. The normalized spacial score (nSPS) is 28.0. The number of likely N-dealkylation sites (N-methyl/N-ethyl adjacent to an activating group) is 2. The second-order valence-corrected chi connectivity index (χ2v) is 6.54. The van der Waals surface area contributed by atoms with Crippen LogP contribution in [0, 0.1) is 0 Å². The highest BCUT2D eigenvalue weighted by atomic mass is 15.2. The first kappa shape index (κ1) is 17.5. The molecule has 5 heteroatoms. The van der Waals surface area contributed by atoms with Gasteiger partial charge in [-0.15, -0.1) is 0 Å². The lowest BCUT2D eigenvalue weighted by atomic mass is 10.0. The van der Waals surface area contributed by atoms with Crippen LogP contribution in [-0.4, -0.2) is 74.2 Å². The fraction of sp³-hybridized carbons (Fsp3) is 0.941. The lowest BCUT2D eigenvalue weighted by Crippen LogP contribution is -2.50. The molecule has 0 aromatic heterocycles. The molecule has 0 bridgehead atoms. The molecule has 0 aromatic carbocycles. The van der Waals surface area contributed by atoms with Crippen molar-refractivity contribution < 1.29 is 0 Å². The van der Waals surface area contributed by atoms with Crippen molar-refractivity contribution in [2.45, 2.75) is 58.0 Å². The first-order chi connectivity index (χ1) is 10.8. The quantitative estimate of drug-likeness (QED) is 0.576. The van der Waals surface area contributed by atoms with Crippen LogP contribution in [0.2, 0.25) is 0 Å². The number of rotatable bonds is 6. The second-order valence-electron chi connectivity index (χ2n) is 6.54. The zero-order valence-corrected chi connectivity index (χ0v) is 14.8. The molecule has 0 aromatic rings. The van der Waals surface area contributed by atoms with Crippen molar-refractivity contribution in [3.63, 3.8) is 0 Å². The smallest absolute Gasteiger partial charge is 0.191 e. The highest BCUT2D eigenvalue weighted by Crippen LogP contribution is 2.16. The molecule has 0 amide bonds. The topological polar surface area (TPSA) is 42.9 Å². The molecule has 2 rings (SSSR count). The van der Waals surface area contributed by atoms with Gasteiger partial charge < -0.3 is 10.6 Å². The predicted molar refractivity (Wildman–Crippen MR) is 94.5 cm³/mol. The third-order valence-electron chi connectivity index (χ3n) is 5.29. The Labute approximate surface area is 136 Å². The van der Waals surface area contributed by atoms with Gasteiger partial charge in [-0.2, -0.15) is 0 Å². The van der Waals surface area contributed by atoms with E-state index in [1.165, 1.54) is 45.2 Å².